The van der Waals surface area contributed by atoms with E-state index in [1.807, 2.05) is 24.3 Å². The normalized spacial score (nSPS) is 15.5. The van der Waals surface area contributed by atoms with E-state index in [1.165, 1.54) is 12.1 Å². The third-order valence-corrected chi connectivity index (χ3v) is 3.47. The van der Waals surface area contributed by atoms with Crippen LogP contribution in [0.15, 0.2) is 46.9 Å². The van der Waals surface area contributed by atoms with Crippen LogP contribution in [0.1, 0.15) is 11.1 Å². The fourth-order valence-electron chi connectivity index (χ4n) is 2.03. The van der Waals surface area contributed by atoms with Gasteiger partial charge >= 0.3 is 0 Å². The highest BCUT2D eigenvalue weighted by Gasteiger charge is 2.24. The molecule has 0 fully saturated rings. The van der Waals surface area contributed by atoms with Crippen LogP contribution in [-0.2, 0) is 4.79 Å². The van der Waals surface area contributed by atoms with E-state index >= 15 is 0 Å². The van der Waals surface area contributed by atoms with E-state index in [9.17, 15) is 9.18 Å². The van der Waals surface area contributed by atoms with Crippen molar-refractivity contribution in [3.8, 4) is 0 Å². The maximum absolute atomic E-state index is 13.3. The first-order valence-electron chi connectivity index (χ1n) is 5.72. The molecule has 0 saturated carbocycles. The molecule has 0 aromatic heterocycles. The number of nitrogens with one attached hydrogen (secondary N) is 1. The average Bonchev–Trinajstić information content (AvgIpc) is 2.69. The second kappa shape index (κ2) is 4.63. The fourth-order valence-corrected chi connectivity index (χ4v) is 2.29. The lowest BCUT2D eigenvalue weighted by Crippen LogP contribution is -2.03. The molecule has 0 aliphatic carbocycles. The number of carbonyl (C=O) groups excluding carboxylic acids is 1. The molecule has 4 heteroatoms. The second-order valence-corrected chi connectivity index (χ2v) is 5.17. The standard InChI is InChI=1S/C15H9BrFNO/c16-10-3-1-9(2-4-10)7-13-12-8-11(17)5-6-14(12)18-15(13)19/h1-8H,(H,18,19)/b13-7+. The van der Waals surface area contributed by atoms with Gasteiger partial charge in [0.25, 0.3) is 5.91 Å². The average molecular weight is 318 g/mol. The Labute approximate surface area is 118 Å². The maximum Gasteiger partial charge on any atom is 0.256 e. The number of hydrogen-bond donors (Lipinski definition) is 1. The topological polar surface area (TPSA) is 29.1 Å². The predicted molar refractivity (Wildman–Crippen MR) is 77.0 cm³/mol. The Kier molecular flexibility index (Phi) is 2.95. The lowest BCUT2D eigenvalue weighted by atomic mass is 10.0. The number of benzene rings is 2. The van der Waals surface area contributed by atoms with Crippen molar-refractivity contribution in [1.29, 1.82) is 0 Å². The fraction of sp³-hybridized carbons (Fsp3) is 0. The number of amides is 1. The Bertz CT molecular complexity index is 692. The lowest BCUT2D eigenvalue weighted by Gasteiger charge is -1.99. The van der Waals surface area contributed by atoms with Crippen molar-refractivity contribution in [2.24, 2.45) is 0 Å². The van der Waals surface area contributed by atoms with Crippen molar-refractivity contribution in [1.82, 2.24) is 0 Å². The summed E-state index contributed by atoms with van der Waals surface area (Å²) in [6.45, 7) is 0. The molecule has 2 aromatic rings. The molecule has 1 aliphatic rings. The Morgan fingerprint density at radius 2 is 1.84 bits per heavy atom. The first-order valence-corrected chi connectivity index (χ1v) is 6.51. The van der Waals surface area contributed by atoms with Gasteiger partial charge in [-0.05, 0) is 42.0 Å². The van der Waals surface area contributed by atoms with Crippen molar-refractivity contribution >= 4 is 39.2 Å². The van der Waals surface area contributed by atoms with Crippen LogP contribution in [0.3, 0.4) is 0 Å². The van der Waals surface area contributed by atoms with E-state index in [0.717, 1.165) is 10.0 Å². The molecule has 0 saturated heterocycles. The molecule has 19 heavy (non-hydrogen) atoms. The molecule has 0 bridgehead atoms. The number of rotatable bonds is 1. The first-order chi connectivity index (χ1) is 9.13. The first kappa shape index (κ1) is 12.1. The summed E-state index contributed by atoms with van der Waals surface area (Å²) in [5.74, 6) is -0.555. The van der Waals surface area contributed by atoms with Crippen LogP contribution in [0.5, 0.6) is 0 Å². The Hall–Kier alpha value is -1.94. The summed E-state index contributed by atoms with van der Waals surface area (Å²) in [6.07, 6.45) is 1.76. The van der Waals surface area contributed by atoms with Crippen LogP contribution >= 0.6 is 15.9 Å². The van der Waals surface area contributed by atoms with Crippen molar-refractivity contribution in [2.45, 2.75) is 0 Å². The molecule has 0 atom stereocenters. The Morgan fingerprint density at radius 1 is 1.11 bits per heavy atom. The zero-order chi connectivity index (χ0) is 13.4. The summed E-state index contributed by atoms with van der Waals surface area (Å²) in [4.78, 5) is 11.9. The number of carbonyl (C=O) groups is 1. The highest BCUT2D eigenvalue weighted by atomic mass is 79.9. The third-order valence-electron chi connectivity index (χ3n) is 2.95. The Morgan fingerprint density at radius 3 is 2.58 bits per heavy atom. The van der Waals surface area contributed by atoms with Gasteiger partial charge in [0.15, 0.2) is 0 Å². The van der Waals surface area contributed by atoms with E-state index in [1.54, 1.807) is 12.1 Å². The van der Waals surface area contributed by atoms with Gasteiger partial charge in [-0.25, -0.2) is 4.39 Å². The number of anilines is 1. The molecule has 94 valence electrons. The molecule has 1 N–H and O–H groups in total. The van der Waals surface area contributed by atoms with E-state index in [0.29, 0.717) is 16.8 Å². The summed E-state index contributed by atoms with van der Waals surface area (Å²) in [5.41, 5.74) is 2.63. The molecule has 0 radical (unpaired) electrons. The highest BCUT2D eigenvalue weighted by molar-refractivity contribution is 9.10. The van der Waals surface area contributed by atoms with E-state index in [2.05, 4.69) is 21.2 Å². The van der Waals surface area contributed by atoms with Gasteiger partial charge in [0.2, 0.25) is 0 Å². The smallest absolute Gasteiger partial charge is 0.256 e. The van der Waals surface area contributed by atoms with Crippen LogP contribution in [0.4, 0.5) is 10.1 Å². The van der Waals surface area contributed by atoms with Gasteiger partial charge in [-0.3, -0.25) is 4.79 Å². The van der Waals surface area contributed by atoms with E-state index in [-0.39, 0.29) is 11.7 Å². The van der Waals surface area contributed by atoms with Crippen LogP contribution in [0, 0.1) is 5.82 Å². The number of hydrogen-bond acceptors (Lipinski definition) is 1. The molecule has 0 spiro atoms. The van der Waals surface area contributed by atoms with Gasteiger partial charge in [0.05, 0.1) is 0 Å². The molecule has 1 aliphatic heterocycles. The van der Waals surface area contributed by atoms with Crippen LogP contribution < -0.4 is 5.32 Å². The van der Waals surface area contributed by atoms with Gasteiger partial charge < -0.3 is 5.32 Å². The molecular weight excluding hydrogens is 309 g/mol. The third kappa shape index (κ3) is 2.31. The van der Waals surface area contributed by atoms with Crippen molar-refractivity contribution < 1.29 is 9.18 Å². The van der Waals surface area contributed by atoms with Crippen LogP contribution in [-0.4, -0.2) is 5.91 Å². The minimum absolute atomic E-state index is 0.205. The summed E-state index contributed by atoms with van der Waals surface area (Å²) >= 11 is 3.36. The quantitative estimate of drug-likeness (QED) is 0.789. The molecule has 2 nitrogen and oxygen atoms in total. The van der Waals surface area contributed by atoms with Gasteiger partial charge in [-0.1, -0.05) is 28.1 Å². The van der Waals surface area contributed by atoms with Gasteiger partial charge in [0.1, 0.15) is 5.82 Å². The predicted octanol–water partition coefficient (Wildman–Crippen LogP) is 4.08. The van der Waals surface area contributed by atoms with Gasteiger partial charge in [-0.15, -0.1) is 0 Å². The minimum Gasteiger partial charge on any atom is -0.321 e. The molecular formula is C15H9BrFNO. The van der Waals surface area contributed by atoms with Crippen molar-refractivity contribution in [3.05, 3.63) is 63.9 Å². The number of fused-ring (bicyclic) bond motifs is 1. The second-order valence-electron chi connectivity index (χ2n) is 4.25. The van der Waals surface area contributed by atoms with Crippen LogP contribution in [0.2, 0.25) is 0 Å². The molecule has 0 unspecified atom stereocenters. The summed E-state index contributed by atoms with van der Waals surface area (Å²) < 4.78 is 14.3. The highest BCUT2D eigenvalue weighted by Crippen LogP contribution is 2.33. The van der Waals surface area contributed by atoms with Crippen molar-refractivity contribution in [3.63, 3.8) is 0 Å². The minimum atomic E-state index is -0.350. The molecule has 1 amide bonds. The number of halogens is 2. The SMILES string of the molecule is O=C1Nc2ccc(F)cc2/C1=C\c1ccc(Br)cc1. The largest absolute Gasteiger partial charge is 0.321 e. The molecule has 1 heterocycles. The maximum atomic E-state index is 13.3. The van der Waals surface area contributed by atoms with Crippen LogP contribution in [0.25, 0.3) is 11.6 Å². The summed E-state index contributed by atoms with van der Waals surface area (Å²) in [7, 11) is 0. The summed E-state index contributed by atoms with van der Waals surface area (Å²) in [6, 6.07) is 11.9. The summed E-state index contributed by atoms with van der Waals surface area (Å²) in [5, 5.41) is 2.72. The zero-order valence-corrected chi connectivity index (χ0v) is 11.4. The van der Waals surface area contributed by atoms with E-state index in [4.69, 9.17) is 0 Å². The van der Waals surface area contributed by atoms with E-state index < -0.39 is 0 Å². The zero-order valence-electron chi connectivity index (χ0n) is 9.78. The molecule has 2 aromatic carbocycles. The van der Waals surface area contributed by atoms with Gasteiger partial charge in [-0.2, -0.15) is 0 Å². The van der Waals surface area contributed by atoms with Crippen molar-refractivity contribution in [2.75, 3.05) is 5.32 Å². The molecule has 3 rings (SSSR count). The monoisotopic (exact) mass is 317 g/mol. The Balaban J connectivity index is 2.08. The van der Waals surface area contributed by atoms with Gasteiger partial charge in [0, 0.05) is 21.3 Å². The lowest BCUT2D eigenvalue weighted by molar-refractivity contribution is -0.110.